The van der Waals surface area contributed by atoms with Crippen molar-refractivity contribution in [2.45, 2.75) is 25.8 Å². The van der Waals surface area contributed by atoms with Gasteiger partial charge in [-0.25, -0.2) is 4.98 Å². The summed E-state index contributed by atoms with van der Waals surface area (Å²) in [7, 11) is 0. The standard InChI is InChI=1S/C15H19N5S/c1-10(2)7-12-11(8-18-19-12)13-9-21-15(16)20(13)14-5-3-4-6-17-14/h3-6,8-10,15H,7,16H2,1-2H3,(H,18,19). The van der Waals surface area contributed by atoms with Crippen LogP contribution in [0.4, 0.5) is 5.82 Å². The molecule has 3 rings (SSSR count). The number of nitrogens with one attached hydrogen (secondary N) is 1. The van der Waals surface area contributed by atoms with Crippen LogP contribution in [0.3, 0.4) is 0 Å². The topological polar surface area (TPSA) is 70.8 Å². The summed E-state index contributed by atoms with van der Waals surface area (Å²) in [6.45, 7) is 4.40. The lowest BCUT2D eigenvalue weighted by Crippen LogP contribution is -2.35. The molecular weight excluding hydrogens is 282 g/mol. The minimum atomic E-state index is -0.156. The number of hydrogen-bond donors (Lipinski definition) is 2. The molecule has 3 N–H and O–H groups in total. The Morgan fingerprint density at radius 3 is 3.00 bits per heavy atom. The van der Waals surface area contributed by atoms with Gasteiger partial charge in [-0.05, 0) is 29.9 Å². The van der Waals surface area contributed by atoms with Crippen LogP contribution in [0.2, 0.25) is 0 Å². The fourth-order valence-corrected chi connectivity index (χ4v) is 3.28. The number of pyridine rings is 1. The van der Waals surface area contributed by atoms with E-state index < -0.39 is 0 Å². The Bertz CT molecular complexity index is 635. The number of aromatic amines is 1. The number of H-pyrrole nitrogens is 1. The average Bonchev–Trinajstić information content (AvgIpc) is 3.05. The molecule has 0 aliphatic carbocycles. The quantitative estimate of drug-likeness (QED) is 0.908. The van der Waals surface area contributed by atoms with Gasteiger partial charge in [0.05, 0.1) is 11.9 Å². The highest BCUT2D eigenvalue weighted by atomic mass is 32.2. The molecule has 2 aromatic heterocycles. The molecule has 2 aromatic rings. The number of nitrogens with two attached hydrogens (primary N) is 1. The third-order valence-electron chi connectivity index (χ3n) is 3.34. The van der Waals surface area contributed by atoms with E-state index in [0.717, 1.165) is 29.2 Å². The van der Waals surface area contributed by atoms with E-state index in [1.807, 2.05) is 24.4 Å². The lowest BCUT2D eigenvalue weighted by Gasteiger charge is -2.25. The summed E-state index contributed by atoms with van der Waals surface area (Å²) >= 11 is 1.59. The first-order valence-electron chi connectivity index (χ1n) is 7.01. The Morgan fingerprint density at radius 2 is 2.29 bits per heavy atom. The predicted octanol–water partition coefficient (Wildman–Crippen LogP) is 2.80. The van der Waals surface area contributed by atoms with Crippen LogP contribution in [-0.2, 0) is 6.42 Å². The van der Waals surface area contributed by atoms with Crippen LogP contribution in [0.25, 0.3) is 5.70 Å². The van der Waals surface area contributed by atoms with Crippen molar-refractivity contribution < 1.29 is 0 Å². The minimum Gasteiger partial charge on any atom is -0.302 e. The van der Waals surface area contributed by atoms with Gasteiger partial charge in [-0.3, -0.25) is 10.00 Å². The lowest BCUT2D eigenvalue weighted by molar-refractivity contribution is 0.632. The van der Waals surface area contributed by atoms with Crippen LogP contribution in [-0.4, -0.2) is 20.7 Å². The molecule has 6 heteroatoms. The molecule has 21 heavy (non-hydrogen) atoms. The summed E-state index contributed by atoms with van der Waals surface area (Å²) in [6, 6.07) is 5.85. The Kier molecular flexibility index (Phi) is 3.98. The minimum absolute atomic E-state index is 0.156. The molecule has 1 aliphatic heterocycles. The van der Waals surface area contributed by atoms with Gasteiger partial charge in [0.2, 0.25) is 0 Å². The second-order valence-corrected chi connectivity index (χ2v) is 6.44. The lowest BCUT2D eigenvalue weighted by atomic mass is 10.0. The molecule has 0 saturated heterocycles. The average molecular weight is 301 g/mol. The SMILES string of the molecule is CC(C)Cc1[nH]ncc1C1=CSC(N)N1c1ccccn1. The molecule has 3 heterocycles. The molecule has 0 aromatic carbocycles. The Labute approximate surface area is 128 Å². The van der Waals surface area contributed by atoms with Crippen LogP contribution in [0.15, 0.2) is 36.0 Å². The van der Waals surface area contributed by atoms with E-state index >= 15 is 0 Å². The van der Waals surface area contributed by atoms with Crippen LogP contribution in [0.1, 0.15) is 25.1 Å². The first-order valence-corrected chi connectivity index (χ1v) is 7.95. The molecule has 0 spiro atoms. The Balaban J connectivity index is 1.96. The number of nitrogens with zero attached hydrogens (tertiary/aromatic N) is 3. The molecule has 0 radical (unpaired) electrons. The first kappa shape index (κ1) is 14.2. The molecule has 0 amide bonds. The molecule has 0 bridgehead atoms. The van der Waals surface area contributed by atoms with E-state index in [2.05, 4.69) is 39.3 Å². The van der Waals surface area contributed by atoms with Crippen molar-refractivity contribution in [1.82, 2.24) is 15.2 Å². The highest BCUT2D eigenvalue weighted by Crippen LogP contribution is 2.38. The largest absolute Gasteiger partial charge is 0.302 e. The van der Waals surface area contributed by atoms with Crippen LogP contribution in [0, 0.1) is 5.92 Å². The zero-order valence-electron chi connectivity index (χ0n) is 12.2. The van der Waals surface area contributed by atoms with E-state index in [-0.39, 0.29) is 5.50 Å². The number of rotatable bonds is 4. The van der Waals surface area contributed by atoms with E-state index in [0.29, 0.717) is 5.92 Å². The predicted molar refractivity (Wildman–Crippen MR) is 87.4 cm³/mol. The van der Waals surface area contributed by atoms with Gasteiger partial charge < -0.3 is 5.73 Å². The van der Waals surface area contributed by atoms with Crippen LogP contribution < -0.4 is 10.6 Å². The Morgan fingerprint density at radius 1 is 1.43 bits per heavy atom. The molecule has 5 nitrogen and oxygen atoms in total. The number of anilines is 1. The van der Waals surface area contributed by atoms with Gasteiger partial charge in [-0.1, -0.05) is 31.7 Å². The second-order valence-electron chi connectivity index (χ2n) is 5.45. The van der Waals surface area contributed by atoms with Gasteiger partial charge >= 0.3 is 0 Å². The van der Waals surface area contributed by atoms with Gasteiger partial charge in [-0.2, -0.15) is 5.10 Å². The second kappa shape index (κ2) is 5.91. The molecule has 1 unspecified atom stereocenters. The van der Waals surface area contributed by atoms with Crippen LogP contribution >= 0.6 is 11.8 Å². The summed E-state index contributed by atoms with van der Waals surface area (Å²) in [5.41, 5.74) is 9.39. The number of aromatic nitrogens is 3. The highest BCUT2D eigenvalue weighted by Gasteiger charge is 2.29. The van der Waals surface area contributed by atoms with Crippen molar-refractivity contribution >= 4 is 23.3 Å². The monoisotopic (exact) mass is 301 g/mol. The van der Waals surface area contributed by atoms with E-state index in [1.54, 1.807) is 18.0 Å². The summed E-state index contributed by atoms with van der Waals surface area (Å²) in [6.07, 6.45) is 4.62. The smallest absolute Gasteiger partial charge is 0.135 e. The first-order chi connectivity index (χ1) is 10.2. The van der Waals surface area contributed by atoms with Gasteiger partial charge in [0.25, 0.3) is 0 Å². The molecule has 0 saturated carbocycles. The maximum atomic E-state index is 6.23. The van der Waals surface area contributed by atoms with Crippen molar-refractivity contribution in [3.63, 3.8) is 0 Å². The molecule has 0 fully saturated rings. The van der Waals surface area contributed by atoms with Crippen molar-refractivity contribution in [2.24, 2.45) is 11.7 Å². The molecule has 110 valence electrons. The molecule has 1 atom stereocenters. The maximum Gasteiger partial charge on any atom is 0.135 e. The fourth-order valence-electron chi connectivity index (χ4n) is 2.43. The Hall–Kier alpha value is -1.79. The normalized spacial score (nSPS) is 18.4. The summed E-state index contributed by atoms with van der Waals surface area (Å²) in [5, 5.41) is 9.41. The third kappa shape index (κ3) is 2.82. The van der Waals surface area contributed by atoms with Gasteiger partial charge in [-0.15, -0.1) is 0 Å². The number of thioether (sulfide) groups is 1. The van der Waals surface area contributed by atoms with E-state index in [9.17, 15) is 0 Å². The summed E-state index contributed by atoms with van der Waals surface area (Å²) in [4.78, 5) is 6.48. The fraction of sp³-hybridized carbons (Fsp3) is 0.333. The molecular formula is C15H19N5S. The molecule has 1 aliphatic rings. The third-order valence-corrected chi connectivity index (χ3v) is 4.18. The highest BCUT2D eigenvalue weighted by molar-refractivity contribution is 8.03. The van der Waals surface area contributed by atoms with Crippen LogP contribution in [0.5, 0.6) is 0 Å². The van der Waals surface area contributed by atoms with Gasteiger partial charge in [0, 0.05) is 17.5 Å². The van der Waals surface area contributed by atoms with E-state index in [1.165, 1.54) is 0 Å². The maximum absolute atomic E-state index is 6.23. The van der Waals surface area contributed by atoms with Crippen molar-refractivity contribution in [3.8, 4) is 0 Å². The van der Waals surface area contributed by atoms with Crippen molar-refractivity contribution in [2.75, 3.05) is 4.90 Å². The summed E-state index contributed by atoms with van der Waals surface area (Å²) < 4.78 is 0. The zero-order valence-corrected chi connectivity index (χ0v) is 13.0. The van der Waals surface area contributed by atoms with Crippen molar-refractivity contribution in [3.05, 3.63) is 47.3 Å². The van der Waals surface area contributed by atoms with Gasteiger partial charge in [0.1, 0.15) is 11.3 Å². The number of hydrogen-bond acceptors (Lipinski definition) is 5. The van der Waals surface area contributed by atoms with Crippen molar-refractivity contribution in [1.29, 1.82) is 0 Å². The van der Waals surface area contributed by atoms with E-state index in [4.69, 9.17) is 5.73 Å². The summed E-state index contributed by atoms with van der Waals surface area (Å²) in [5.74, 6) is 1.42. The van der Waals surface area contributed by atoms with Gasteiger partial charge in [0.15, 0.2) is 0 Å². The zero-order chi connectivity index (χ0) is 14.8.